The summed E-state index contributed by atoms with van der Waals surface area (Å²) < 4.78 is 0. The standard InChI is InChI=1S/C17H22N4O2/c1-20-16(22)8-7-15(19-20)17(23)18-14-9-10-21(12-14)11-13-5-3-2-4-6-13/h2-6,14H,7-12H2,1H3,(H,18,23)/t14-/m0/s1. The number of carbonyl (C=O) groups is 2. The van der Waals surface area contributed by atoms with Gasteiger partial charge in [-0.3, -0.25) is 14.5 Å². The molecular weight excluding hydrogens is 292 g/mol. The molecule has 1 fully saturated rings. The van der Waals surface area contributed by atoms with Crippen LogP contribution in [0, 0.1) is 0 Å². The van der Waals surface area contributed by atoms with Crippen LogP contribution in [-0.4, -0.2) is 53.6 Å². The van der Waals surface area contributed by atoms with Gasteiger partial charge >= 0.3 is 0 Å². The van der Waals surface area contributed by atoms with Gasteiger partial charge in [-0.1, -0.05) is 30.3 Å². The molecule has 1 saturated heterocycles. The molecule has 0 spiro atoms. The molecule has 0 saturated carbocycles. The van der Waals surface area contributed by atoms with Crippen molar-refractivity contribution in [3.8, 4) is 0 Å². The monoisotopic (exact) mass is 314 g/mol. The van der Waals surface area contributed by atoms with Gasteiger partial charge in [0.2, 0.25) is 5.91 Å². The summed E-state index contributed by atoms with van der Waals surface area (Å²) in [4.78, 5) is 26.0. The van der Waals surface area contributed by atoms with E-state index in [0.29, 0.717) is 18.6 Å². The molecule has 3 rings (SSSR count). The summed E-state index contributed by atoms with van der Waals surface area (Å²) in [5.74, 6) is -0.188. The van der Waals surface area contributed by atoms with Crippen LogP contribution in [0.1, 0.15) is 24.8 Å². The van der Waals surface area contributed by atoms with Gasteiger partial charge in [0, 0.05) is 45.6 Å². The van der Waals surface area contributed by atoms with E-state index < -0.39 is 0 Å². The Morgan fingerprint density at radius 1 is 1.30 bits per heavy atom. The fourth-order valence-electron chi connectivity index (χ4n) is 3.04. The van der Waals surface area contributed by atoms with Gasteiger partial charge in [0.05, 0.1) is 0 Å². The molecule has 1 aromatic carbocycles. The van der Waals surface area contributed by atoms with Crippen molar-refractivity contribution >= 4 is 17.5 Å². The van der Waals surface area contributed by atoms with Crippen molar-refractivity contribution < 1.29 is 9.59 Å². The van der Waals surface area contributed by atoms with Crippen molar-refractivity contribution in [1.29, 1.82) is 0 Å². The minimum absolute atomic E-state index is 0.0450. The van der Waals surface area contributed by atoms with E-state index in [0.717, 1.165) is 26.1 Å². The van der Waals surface area contributed by atoms with E-state index in [1.807, 2.05) is 18.2 Å². The van der Waals surface area contributed by atoms with Crippen LogP contribution >= 0.6 is 0 Å². The summed E-state index contributed by atoms with van der Waals surface area (Å²) >= 11 is 0. The third-order valence-corrected chi connectivity index (χ3v) is 4.33. The zero-order valence-electron chi connectivity index (χ0n) is 13.4. The van der Waals surface area contributed by atoms with Crippen LogP contribution < -0.4 is 5.32 Å². The quantitative estimate of drug-likeness (QED) is 0.901. The van der Waals surface area contributed by atoms with Gasteiger partial charge in [0.1, 0.15) is 5.71 Å². The first kappa shape index (κ1) is 15.7. The summed E-state index contributed by atoms with van der Waals surface area (Å²) in [6, 6.07) is 10.5. The van der Waals surface area contributed by atoms with Crippen LogP contribution in [0.4, 0.5) is 0 Å². The third kappa shape index (κ3) is 3.96. The van der Waals surface area contributed by atoms with Crippen molar-refractivity contribution in [3.05, 3.63) is 35.9 Å². The van der Waals surface area contributed by atoms with Gasteiger partial charge < -0.3 is 5.32 Å². The lowest BCUT2D eigenvalue weighted by atomic mass is 10.1. The van der Waals surface area contributed by atoms with Crippen molar-refractivity contribution in [2.45, 2.75) is 31.8 Å². The lowest BCUT2D eigenvalue weighted by Crippen LogP contribution is -2.43. The molecule has 6 nitrogen and oxygen atoms in total. The van der Waals surface area contributed by atoms with E-state index in [2.05, 4.69) is 27.5 Å². The second kappa shape index (κ2) is 6.91. The highest BCUT2D eigenvalue weighted by molar-refractivity contribution is 6.39. The van der Waals surface area contributed by atoms with E-state index in [-0.39, 0.29) is 17.9 Å². The number of amides is 2. The molecular formula is C17H22N4O2. The highest BCUT2D eigenvalue weighted by atomic mass is 16.2. The Balaban J connectivity index is 1.51. The molecule has 2 aliphatic rings. The molecule has 0 aliphatic carbocycles. The van der Waals surface area contributed by atoms with Crippen LogP contribution in [0.3, 0.4) is 0 Å². The molecule has 23 heavy (non-hydrogen) atoms. The van der Waals surface area contributed by atoms with E-state index in [1.165, 1.54) is 10.6 Å². The summed E-state index contributed by atoms with van der Waals surface area (Å²) in [5, 5.41) is 8.38. The maximum atomic E-state index is 12.3. The molecule has 122 valence electrons. The lowest BCUT2D eigenvalue weighted by molar-refractivity contribution is -0.130. The number of nitrogens with zero attached hydrogens (tertiary/aromatic N) is 3. The minimum atomic E-state index is -0.143. The first-order chi connectivity index (χ1) is 11.1. The Morgan fingerprint density at radius 2 is 2.09 bits per heavy atom. The third-order valence-electron chi connectivity index (χ3n) is 4.33. The number of nitrogens with one attached hydrogen (secondary N) is 1. The first-order valence-corrected chi connectivity index (χ1v) is 8.03. The van der Waals surface area contributed by atoms with Crippen LogP contribution in [0.25, 0.3) is 0 Å². The molecule has 2 heterocycles. The predicted octanol–water partition coefficient (Wildman–Crippen LogP) is 0.985. The number of hydrogen-bond donors (Lipinski definition) is 1. The number of carbonyl (C=O) groups excluding carboxylic acids is 2. The fraction of sp³-hybridized carbons (Fsp3) is 0.471. The second-order valence-corrected chi connectivity index (χ2v) is 6.14. The molecule has 0 aromatic heterocycles. The first-order valence-electron chi connectivity index (χ1n) is 8.03. The van der Waals surface area contributed by atoms with Gasteiger partial charge in [-0.25, -0.2) is 5.01 Å². The average Bonchev–Trinajstić information content (AvgIpc) is 2.98. The largest absolute Gasteiger partial charge is 0.347 e. The molecule has 2 amide bonds. The van der Waals surface area contributed by atoms with Gasteiger partial charge in [-0.05, 0) is 12.0 Å². The van der Waals surface area contributed by atoms with E-state index in [9.17, 15) is 9.59 Å². The number of hydrogen-bond acceptors (Lipinski definition) is 4. The average molecular weight is 314 g/mol. The number of rotatable bonds is 4. The molecule has 1 N–H and O–H groups in total. The lowest BCUT2D eigenvalue weighted by Gasteiger charge is -2.21. The Labute approximate surface area is 136 Å². The van der Waals surface area contributed by atoms with Crippen LogP contribution in [0.5, 0.6) is 0 Å². The van der Waals surface area contributed by atoms with E-state index in [4.69, 9.17) is 0 Å². The topological polar surface area (TPSA) is 65.0 Å². The Bertz CT molecular complexity index is 614. The number of hydrazone groups is 1. The summed E-state index contributed by atoms with van der Waals surface area (Å²) in [6.45, 7) is 2.73. The highest BCUT2D eigenvalue weighted by Gasteiger charge is 2.27. The molecule has 1 atom stereocenters. The zero-order valence-corrected chi connectivity index (χ0v) is 13.4. The Hall–Kier alpha value is -2.21. The van der Waals surface area contributed by atoms with Crippen molar-refractivity contribution in [3.63, 3.8) is 0 Å². The highest BCUT2D eigenvalue weighted by Crippen LogP contribution is 2.14. The zero-order chi connectivity index (χ0) is 16.2. The molecule has 2 aliphatic heterocycles. The predicted molar refractivity (Wildman–Crippen MR) is 87.7 cm³/mol. The Morgan fingerprint density at radius 3 is 2.83 bits per heavy atom. The van der Waals surface area contributed by atoms with Crippen molar-refractivity contribution in [1.82, 2.24) is 15.2 Å². The van der Waals surface area contributed by atoms with Gasteiger partial charge in [-0.15, -0.1) is 0 Å². The summed E-state index contributed by atoms with van der Waals surface area (Å²) in [7, 11) is 1.59. The van der Waals surface area contributed by atoms with Gasteiger partial charge in [0.15, 0.2) is 0 Å². The summed E-state index contributed by atoms with van der Waals surface area (Å²) in [5.41, 5.74) is 1.74. The number of likely N-dealkylation sites (tertiary alicyclic amines) is 1. The number of benzene rings is 1. The fourth-order valence-corrected chi connectivity index (χ4v) is 3.04. The SMILES string of the molecule is CN1N=C(C(=O)N[C@H]2CCN(Cc3ccccc3)C2)CCC1=O. The second-order valence-electron chi connectivity index (χ2n) is 6.14. The molecule has 0 radical (unpaired) electrons. The molecule has 0 bridgehead atoms. The van der Waals surface area contributed by atoms with Gasteiger partial charge in [0.25, 0.3) is 5.91 Å². The summed E-state index contributed by atoms with van der Waals surface area (Å²) in [6.07, 6.45) is 1.73. The van der Waals surface area contributed by atoms with Crippen molar-refractivity contribution in [2.75, 3.05) is 20.1 Å². The minimum Gasteiger partial charge on any atom is -0.347 e. The van der Waals surface area contributed by atoms with Gasteiger partial charge in [-0.2, -0.15) is 5.10 Å². The normalized spacial score (nSPS) is 22.1. The van der Waals surface area contributed by atoms with Crippen LogP contribution in [0.2, 0.25) is 0 Å². The molecule has 1 aromatic rings. The van der Waals surface area contributed by atoms with Crippen LogP contribution in [0.15, 0.2) is 35.4 Å². The maximum absolute atomic E-state index is 12.3. The van der Waals surface area contributed by atoms with Crippen LogP contribution in [-0.2, 0) is 16.1 Å². The van der Waals surface area contributed by atoms with E-state index >= 15 is 0 Å². The molecule has 6 heteroatoms. The molecule has 0 unspecified atom stereocenters. The van der Waals surface area contributed by atoms with Crippen molar-refractivity contribution in [2.24, 2.45) is 5.10 Å². The Kier molecular flexibility index (Phi) is 4.71. The van der Waals surface area contributed by atoms with E-state index in [1.54, 1.807) is 7.05 Å². The maximum Gasteiger partial charge on any atom is 0.267 e. The smallest absolute Gasteiger partial charge is 0.267 e.